The van der Waals surface area contributed by atoms with Gasteiger partial charge >= 0.3 is 0 Å². The van der Waals surface area contributed by atoms with Crippen molar-refractivity contribution in [3.05, 3.63) is 35.4 Å². The van der Waals surface area contributed by atoms with E-state index in [9.17, 15) is 13.6 Å². The van der Waals surface area contributed by atoms with Gasteiger partial charge in [-0.3, -0.25) is 9.69 Å². The smallest absolute Gasteiger partial charge is 0.248 e. The number of hydrogen-bond acceptors (Lipinski definition) is 3. The van der Waals surface area contributed by atoms with Gasteiger partial charge < -0.3 is 10.1 Å². The van der Waals surface area contributed by atoms with Crippen LogP contribution in [0.25, 0.3) is 0 Å². The molecule has 1 N–H and O–H groups in total. The number of carbonyl (C=O) groups is 1. The molecule has 22 heavy (non-hydrogen) atoms. The van der Waals surface area contributed by atoms with Crippen LogP contribution in [0, 0.1) is 11.6 Å². The van der Waals surface area contributed by atoms with E-state index >= 15 is 0 Å². The fraction of sp³-hybridized carbons (Fsp3) is 0.562. The monoisotopic (exact) mass is 310 g/mol. The van der Waals surface area contributed by atoms with Crippen LogP contribution in [0.3, 0.4) is 0 Å². The molecule has 0 aromatic heterocycles. The minimum absolute atomic E-state index is 0.0429. The topological polar surface area (TPSA) is 41.6 Å². The van der Waals surface area contributed by atoms with Crippen molar-refractivity contribution < 1.29 is 18.3 Å². The lowest BCUT2D eigenvalue weighted by atomic mass is 9.98. The zero-order chi connectivity index (χ0) is 15.7. The Hall–Kier alpha value is -1.53. The lowest BCUT2D eigenvalue weighted by Crippen LogP contribution is -2.47. The highest BCUT2D eigenvalue weighted by Gasteiger charge is 2.41. The van der Waals surface area contributed by atoms with Gasteiger partial charge in [0.1, 0.15) is 6.10 Å². The van der Waals surface area contributed by atoms with E-state index in [1.165, 1.54) is 6.07 Å². The number of rotatable bonds is 3. The summed E-state index contributed by atoms with van der Waals surface area (Å²) in [5.74, 6) is -1.71. The summed E-state index contributed by atoms with van der Waals surface area (Å²) in [6, 6.07) is 4.27. The third-order valence-electron chi connectivity index (χ3n) is 4.57. The highest BCUT2D eigenvalue weighted by molar-refractivity contribution is 5.80. The number of fused-ring (bicyclic) bond motifs is 1. The molecule has 1 aromatic rings. The zero-order valence-corrected chi connectivity index (χ0v) is 12.5. The van der Waals surface area contributed by atoms with Gasteiger partial charge in [-0.2, -0.15) is 0 Å². The summed E-state index contributed by atoms with van der Waals surface area (Å²) in [5.41, 5.74) is 0.757. The summed E-state index contributed by atoms with van der Waals surface area (Å²) in [7, 11) is 1.61. The second-order valence-electron chi connectivity index (χ2n) is 5.93. The molecule has 3 rings (SSSR count). The van der Waals surface area contributed by atoms with E-state index in [0.29, 0.717) is 13.0 Å². The molecule has 1 aromatic carbocycles. The van der Waals surface area contributed by atoms with Crippen LogP contribution in [-0.4, -0.2) is 42.6 Å². The number of hydrogen-bond donors (Lipinski definition) is 1. The van der Waals surface area contributed by atoms with Crippen molar-refractivity contribution in [2.24, 2.45) is 0 Å². The third kappa shape index (κ3) is 2.98. The Labute approximate surface area is 128 Å². The van der Waals surface area contributed by atoms with Crippen LogP contribution >= 0.6 is 0 Å². The van der Waals surface area contributed by atoms with Crippen molar-refractivity contribution >= 4 is 5.91 Å². The number of halogens is 2. The van der Waals surface area contributed by atoms with Crippen molar-refractivity contribution in [2.75, 3.05) is 13.6 Å². The summed E-state index contributed by atoms with van der Waals surface area (Å²) in [6.07, 6.45) is 2.11. The van der Waals surface area contributed by atoms with Crippen molar-refractivity contribution in [2.45, 2.75) is 44.1 Å². The number of amides is 1. The molecular weight excluding hydrogens is 290 g/mol. The second kappa shape index (κ2) is 6.30. The van der Waals surface area contributed by atoms with Gasteiger partial charge in [-0.1, -0.05) is 6.07 Å². The average molecular weight is 310 g/mol. The van der Waals surface area contributed by atoms with Crippen LogP contribution in [0.1, 0.15) is 24.8 Å². The van der Waals surface area contributed by atoms with Crippen LogP contribution in [0.2, 0.25) is 0 Å². The molecule has 6 heteroatoms. The third-order valence-corrected chi connectivity index (χ3v) is 4.57. The van der Waals surface area contributed by atoms with Crippen molar-refractivity contribution in [3.63, 3.8) is 0 Å². The molecule has 120 valence electrons. The number of benzene rings is 1. The Morgan fingerprint density at radius 1 is 1.32 bits per heavy atom. The predicted molar refractivity (Wildman–Crippen MR) is 77.1 cm³/mol. The number of nitrogens with zero attached hydrogens (tertiary/aromatic N) is 1. The molecule has 0 radical (unpaired) electrons. The normalized spacial score (nSPS) is 28.4. The Morgan fingerprint density at radius 3 is 2.86 bits per heavy atom. The van der Waals surface area contributed by atoms with E-state index in [2.05, 4.69) is 10.2 Å². The molecule has 2 saturated heterocycles. The van der Waals surface area contributed by atoms with Crippen molar-refractivity contribution in [3.8, 4) is 0 Å². The number of ether oxygens (including phenoxy) is 1. The van der Waals surface area contributed by atoms with Gasteiger partial charge in [0.2, 0.25) is 5.91 Å². The van der Waals surface area contributed by atoms with Gasteiger partial charge in [0.15, 0.2) is 11.6 Å². The first-order valence-corrected chi connectivity index (χ1v) is 7.63. The molecule has 2 fully saturated rings. The highest BCUT2D eigenvalue weighted by Crippen LogP contribution is 2.32. The van der Waals surface area contributed by atoms with Gasteiger partial charge in [-0.05, 0) is 37.0 Å². The number of nitrogens with one attached hydrogen (secondary N) is 1. The lowest BCUT2D eigenvalue weighted by Gasteiger charge is -2.35. The molecule has 0 spiro atoms. The molecule has 1 amide bonds. The highest BCUT2D eigenvalue weighted by atomic mass is 19.2. The van der Waals surface area contributed by atoms with Gasteiger partial charge in [0, 0.05) is 26.2 Å². The summed E-state index contributed by atoms with van der Waals surface area (Å²) >= 11 is 0. The largest absolute Gasteiger partial charge is 0.363 e. The Balaban J connectivity index is 1.63. The summed E-state index contributed by atoms with van der Waals surface area (Å²) in [4.78, 5) is 13.9. The molecule has 0 unspecified atom stereocenters. The maximum absolute atomic E-state index is 13.3. The number of likely N-dealkylation sites (N-methyl/N-ethyl adjacent to an activating group) is 1. The van der Waals surface area contributed by atoms with Crippen molar-refractivity contribution in [1.82, 2.24) is 10.2 Å². The first-order valence-electron chi connectivity index (χ1n) is 7.63. The lowest BCUT2D eigenvalue weighted by molar-refractivity contribution is -0.143. The van der Waals surface area contributed by atoms with E-state index in [0.717, 1.165) is 31.0 Å². The van der Waals surface area contributed by atoms with Crippen LogP contribution in [-0.2, 0) is 16.1 Å². The predicted octanol–water partition coefficient (Wildman–Crippen LogP) is 1.83. The SMILES string of the molecule is CNC(=O)[C@@H]1CC[C@H]2[C@H](CCN2Cc2ccc(F)c(F)c2)O1. The van der Waals surface area contributed by atoms with Gasteiger partial charge in [0.25, 0.3) is 0 Å². The fourth-order valence-corrected chi connectivity index (χ4v) is 3.44. The maximum Gasteiger partial charge on any atom is 0.248 e. The van der Waals surface area contributed by atoms with Crippen LogP contribution in [0.4, 0.5) is 8.78 Å². The molecule has 0 aliphatic carbocycles. The van der Waals surface area contributed by atoms with Crippen LogP contribution in [0.15, 0.2) is 18.2 Å². The second-order valence-corrected chi connectivity index (χ2v) is 5.93. The van der Waals surface area contributed by atoms with Crippen LogP contribution in [0.5, 0.6) is 0 Å². The Morgan fingerprint density at radius 2 is 2.14 bits per heavy atom. The minimum Gasteiger partial charge on any atom is -0.363 e. The standard InChI is InChI=1S/C16H20F2N2O2/c1-19-16(21)15-5-4-13-14(22-15)6-7-20(13)9-10-2-3-11(17)12(18)8-10/h2-3,8,13-15H,4-7,9H2,1H3,(H,19,21)/t13-,14-,15-/m0/s1. The molecule has 0 bridgehead atoms. The van der Waals surface area contributed by atoms with Crippen LogP contribution < -0.4 is 5.32 Å². The fourth-order valence-electron chi connectivity index (χ4n) is 3.44. The Bertz CT molecular complexity index is 567. The summed E-state index contributed by atoms with van der Waals surface area (Å²) in [5, 5.41) is 2.62. The molecule has 0 saturated carbocycles. The zero-order valence-electron chi connectivity index (χ0n) is 12.5. The molecule has 3 atom stereocenters. The van der Waals surface area contributed by atoms with Gasteiger partial charge in [-0.25, -0.2) is 8.78 Å². The Kier molecular flexibility index (Phi) is 4.40. The first kappa shape index (κ1) is 15.4. The summed E-state index contributed by atoms with van der Waals surface area (Å²) < 4.78 is 32.2. The first-order chi connectivity index (χ1) is 10.6. The van der Waals surface area contributed by atoms with E-state index in [1.807, 2.05) is 0 Å². The maximum atomic E-state index is 13.3. The number of likely N-dealkylation sites (tertiary alicyclic amines) is 1. The van der Waals surface area contributed by atoms with Gasteiger partial charge in [-0.15, -0.1) is 0 Å². The molecule has 4 nitrogen and oxygen atoms in total. The molecule has 2 aliphatic rings. The summed E-state index contributed by atoms with van der Waals surface area (Å²) in [6.45, 7) is 1.42. The minimum atomic E-state index is -0.822. The number of carbonyl (C=O) groups excluding carboxylic acids is 1. The molecule has 2 aliphatic heterocycles. The van der Waals surface area contributed by atoms with Crippen molar-refractivity contribution in [1.29, 1.82) is 0 Å². The van der Waals surface area contributed by atoms with E-state index in [-0.39, 0.29) is 24.2 Å². The molecule has 2 heterocycles. The average Bonchev–Trinajstić information content (AvgIpc) is 2.92. The van der Waals surface area contributed by atoms with E-state index in [4.69, 9.17) is 4.74 Å². The van der Waals surface area contributed by atoms with E-state index in [1.54, 1.807) is 13.1 Å². The quantitative estimate of drug-likeness (QED) is 0.926. The van der Waals surface area contributed by atoms with Gasteiger partial charge in [0.05, 0.1) is 6.10 Å². The van der Waals surface area contributed by atoms with E-state index < -0.39 is 11.6 Å². The molecular formula is C16H20F2N2O2.